The van der Waals surface area contributed by atoms with Crippen molar-refractivity contribution in [2.24, 2.45) is 0 Å². The summed E-state index contributed by atoms with van der Waals surface area (Å²) in [5, 5.41) is 6.76. The number of hydrogen-bond acceptors (Lipinski definition) is 4. The predicted octanol–water partition coefficient (Wildman–Crippen LogP) is 0.896. The maximum Gasteiger partial charge on any atom is 0.227 e. The Kier molecular flexibility index (Phi) is 3.79. The van der Waals surface area contributed by atoms with Gasteiger partial charge in [-0.05, 0) is 18.6 Å². The van der Waals surface area contributed by atoms with Gasteiger partial charge >= 0.3 is 0 Å². The lowest BCUT2D eigenvalue weighted by molar-refractivity contribution is -0.129. The average Bonchev–Trinajstić information content (AvgIpc) is 2.77. The van der Waals surface area contributed by atoms with Gasteiger partial charge in [0.15, 0.2) is 5.82 Å². The topological polar surface area (TPSA) is 87.9 Å². The van der Waals surface area contributed by atoms with E-state index >= 15 is 0 Å². The number of amides is 1. The van der Waals surface area contributed by atoms with Crippen molar-refractivity contribution in [1.82, 2.24) is 20.1 Å². The third-order valence-corrected chi connectivity index (χ3v) is 2.84. The van der Waals surface area contributed by atoms with Crippen molar-refractivity contribution in [1.29, 1.82) is 0 Å². The summed E-state index contributed by atoms with van der Waals surface area (Å²) >= 11 is 0. The maximum atomic E-state index is 12.1. The standard InChI is InChI=1S/C13H17N5O/c1-9-15-12(17-16-9)8-18(2)13(19)7-10-5-3-4-6-11(10)14/h3-6H,7-8,14H2,1-2H3,(H,15,16,17). The van der Waals surface area contributed by atoms with Gasteiger partial charge < -0.3 is 10.6 Å². The Bertz CT molecular complexity index is 578. The molecule has 0 aliphatic heterocycles. The van der Waals surface area contributed by atoms with Crippen molar-refractivity contribution in [2.75, 3.05) is 12.8 Å². The summed E-state index contributed by atoms with van der Waals surface area (Å²) in [5.41, 5.74) is 7.30. The Morgan fingerprint density at radius 2 is 2.16 bits per heavy atom. The van der Waals surface area contributed by atoms with E-state index in [1.165, 1.54) is 0 Å². The molecule has 6 nitrogen and oxygen atoms in total. The van der Waals surface area contributed by atoms with Crippen LogP contribution in [0.5, 0.6) is 0 Å². The first-order valence-corrected chi connectivity index (χ1v) is 6.01. The number of anilines is 1. The molecule has 0 unspecified atom stereocenters. The van der Waals surface area contributed by atoms with E-state index in [1.54, 1.807) is 18.0 Å². The number of nitrogens with two attached hydrogens (primary N) is 1. The second-order valence-electron chi connectivity index (χ2n) is 4.46. The lowest BCUT2D eigenvalue weighted by Crippen LogP contribution is -2.28. The van der Waals surface area contributed by atoms with Crippen LogP contribution in [0.3, 0.4) is 0 Å². The Hall–Kier alpha value is -2.37. The molecule has 2 rings (SSSR count). The number of hydrogen-bond donors (Lipinski definition) is 2. The lowest BCUT2D eigenvalue weighted by Gasteiger charge is -2.15. The zero-order valence-corrected chi connectivity index (χ0v) is 11.1. The highest BCUT2D eigenvalue weighted by atomic mass is 16.2. The van der Waals surface area contributed by atoms with Crippen LogP contribution in [0.25, 0.3) is 0 Å². The van der Waals surface area contributed by atoms with Crippen molar-refractivity contribution >= 4 is 11.6 Å². The first-order chi connectivity index (χ1) is 9.06. The molecule has 0 spiro atoms. The number of aromatic nitrogens is 3. The molecule has 0 saturated carbocycles. The van der Waals surface area contributed by atoms with Crippen molar-refractivity contribution in [3.05, 3.63) is 41.5 Å². The van der Waals surface area contributed by atoms with E-state index in [1.807, 2.05) is 25.1 Å². The van der Waals surface area contributed by atoms with Crippen LogP contribution in [-0.2, 0) is 17.8 Å². The van der Waals surface area contributed by atoms with Gasteiger partial charge in [-0.25, -0.2) is 4.98 Å². The van der Waals surface area contributed by atoms with Crippen LogP contribution < -0.4 is 5.73 Å². The molecule has 6 heteroatoms. The molecule has 0 aliphatic carbocycles. The summed E-state index contributed by atoms with van der Waals surface area (Å²) in [6, 6.07) is 7.38. The molecule has 0 saturated heterocycles. The van der Waals surface area contributed by atoms with E-state index in [9.17, 15) is 4.79 Å². The van der Waals surface area contributed by atoms with Crippen LogP contribution in [0.2, 0.25) is 0 Å². The van der Waals surface area contributed by atoms with Gasteiger partial charge in [-0.2, -0.15) is 5.10 Å². The number of nitrogens with one attached hydrogen (secondary N) is 1. The molecule has 1 heterocycles. The molecule has 0 atom stereocenters. The summed E-state index contributed by atoms with van der Waals surface area (Å²) in [7, 11) is 1.73. The number of carbonyl (C=O) groups excluding carboxylic acids is 1. The Morgan fingerprint density at radius 1 is 1.42 bits per heavy atom. The second kappa shape index (κ2) is 5.51. The van der Waals surface area contributed by atoms with Crippen molar-refractivity contribution < 1.29 is 4.79 Å². The molecule has 100 valence electrons. The smallest absolute Gasteiger partial charge is 0.227 e. The number of carbonyl (C=O) groups is 1. The van der Waals surface area contributed by atoms with Crippen LogP contribution in [0, 0.1) is 6.92 Å². The number of aromatic amines is 1. The number of benzene rings is 1. The molecule has 0 fully saturated rings. The number of nitrogens with zero attached hydrogens (tertiary/aromatic N) is 3. The van der Waals surface area contributed by atoms with E-state index in [0.29, 0.717) is 18.1 Å². The number of para-hydroxylation sites is 1. The van der Waals surface area contributed by atoms with Gasteiger partial charge in [0.1, 0.15) is 5.82 Å². The molecule has 3 N–H and O–H groups in total. The minimum atomic E-state index is -0.0136. The van der Waals surface area contributed by atoms with E-state index in [-0.39, 0.29) is 12.3 Å². The zero-order chi connectivity index (χ0) is 13.8. The summed E-state index contributed by atoms with van der Waals surface area (Å²) in [6.07, 6.45) is 0.284. The monoisotopic (exact) mass is 259 g/mol. The molecular weight excluding hydrogens is 242 g/mol. The van der Waals surface area contributed by atoms with Gasteiger partial charge in [0.2, 0.25) is 5.91 Å². The number of H-pyrrole nitrogens is 1. The van der Waals surface area contributed by atoms with Crippen molar-refractivity contribution in [3.63, 3.8) is 0 Å². The summed E-state index contributed by atoms with van der Waals surface area (Å²) < 4.78 is 0. The minimum absolute atomic E-state index is 0.0136. The Morgan fingerprint density at radius 3 is 2.79 bits per heavy atom. The fraction of sp³-hybridized carbons (Fsp3) is 0.308. The molecular formula is C13H17N5O. The van der Waals surface area contributed by atoms with Crippen molar-refractivity contribution in [2.45, 2.75) is 19.9 Å². The second-order valence-corrected chi connectivity index (χ2v) is 4.46. The third kappa shape index (κ3) is 3.31. The van der Waals surface area contributed by atoms with E-state index < -0.39 is 0 Å². The zero-order valence-electron chi connectivity index (χ0n) is 11.1. The van der Waals surface area contributed by atoms with E-state index in [2.05, 4.69) is 15.2 Å². The highest BCUT2D eigenvalue weighted by Gasteiger charge is 2.13. The van der Waals surface area contributed by atoms with Crippen LogP contribution in [0.4, 0.5) is 5.69 Å². The fourth-order valence-corrected chi connectivity index (χ4v) is 1.75. The molecule has 0 aliphatic rings. The van der Waals surface area contributed by atoms with Crippen LogP contribution >= 0.6 is 0 Å². The van der Waals surface area contributed by atoms with Gasteiger partial charge in [-0.3, -0.25) is 9.89 Å². The van der Waals surface area contributed by atoms with Gasteiger partial charge in [-0.15, -0.1) is 0 Å². The number of likely N-dealkylation sites (N-methyl/N-ethyl adjacent to an activating group) is 1. The van der Waals surface area contributed by atoms with E-state index in [0.717, 1.165) is 11.4 Å². The van der Waals surface area contributed by atoms with E-state index in [4.69, 9.17) is 5.73 Å². The van der Waals surface area contributed by atoms with Crippen LogP contribution in [0.15, 0.2) is 24.3 Å². The van der Waals surface area contributed by atoms with Gasteiger partial charge in [-0.1, -0.05) is 18.2 Å². The SMILES string of the molecule is Cc1nc(CN(C)C(=O)Cc2ccccc2N)n[nH]1. The highest BCUT2D eigenvalue weighted by Crippen LogP contribution is 2.12. The summed E-state index contributed by atoms with van der Waals surface area (Å²) in [5.74, 6) is 1.33. The number of nitrogen functional groups attached to an aromatic ring is 1. The Balaban J connectivity index is 1.98. The average molecular weight is 259 g/mol. The molecule has 0 radical (unpaired) electrons. The molecule has 19 heavy (non-hydrogen) atoms. The first-order valence-electron chi connectivity index (χ1n) is 6.01. The van der Waals surface area contributed by atoms with Gasteiger partial charge in [0, 0.05) is 12.7 Å². The first kappa shape index (κ1) is 13.1. The molecule has 2 aromatic rings. The quantitative estimate of drug-likeness (QED) is 0.798. The highest BCUT2D eigenvalue weighted by molar-refractivity contribution is 5.80. The molecule has 1 aromatic heterocycles. The molecule has 1 aromatic carbocycles. The lowest BCUT2D eigenvalue weighted by atomic mass is 10.1. The molecule has 1 amide bonds. The van der Waals surface area contributed by atoms with Gasteiger partial charge in [0.05, 0.1) is 13.0 Å². The number of rotatable bonds is 4. The third-order valence-electron chi connectivity index (χ3n) is 2.84. The largest absolute Gasteiger partial charge is 0.398 e. The normalized spacial score (nSPS) is 10.4. The van der Waals surface area contributed by atoms with Crippen molar-refractivity contribution in [3.8, 4) is 0 Å². The Labute approximate surface area is 111 Å². The predicted molar refractivity (Wildman–Crippen MR) is 72.2 cm³/mol. The van der Waals surface area contributed by atoms with Crippen LogP contribution in [0.1, 0.15) is 17.2 Å². The van der Waals surface area contributed by atoms with Crippen LogP contribution in [-0.4, -0.2) is 33.0 Å². The van der Waals surface area contributed by atoms with Gasteiger partial charge in [0.25, 0.3) is 0 Å². The number of aryl methyl sites for hydroxylation is 1. The summed E-state index contributed by atoms with van der Waals surface area (Å²) in [4.78, 5) is 17.8. The minimum Gasteiger partial charge on any atom is -0.398 e. The fourth-order valence-electron chi connectivity index (χ4n) is 1.75. The molecule has 0 bridgehead atoms. The summed E-state index contributed by atoms with van der Waals surface area (Å²) in [6.45, 7) is 2.21. The maximum absolute atomic E-state index is 12.1.